The van der Waals surface area contributed by atoms with E-state index in [1.165, 1.54) is 7.11 Å². The minimum Gasteiger partial charge on any atom is -0.481 e. The minimum absolute atomic E-state index is 0.0322. The summed E-state index contributed by atoms with van der Waals surface area (Å²) >= 11 is 21.3. The maximum Gasteiger partial charge on any atom is 0.410 e. The van der Waals surface area contributed by atoms with Gasteiger partial charge in [0.2, 0.25) is 17.7 Å². The lowest BCUT2D eigenvalue weighted by Gasteiger charge is -2.31. The van der Waals surface area contributed by atoms with E-state index >= 15 is 0 Å². The fraction of sp³-hybridized carbons (Fsp3) is 0.405. The molecule has 56 heavy (non-hydrogen) atoms. The molecule has 11 nitrogen and oxygen atoms in total. The molecule has 2 saturated heterocycles. The van der Waals surface area contributed by atoms with Gasteiger partial charge in [-0.3, -0.25) is 19.5 Å². The highest BCUT2D eigenvalue weighted by molar-refractivity contribution is 6.39. The van der Waals surface area contributed by atoms with Gasteiger partial charge in [-0.15, -0.1) is 0 Å². The van der Waals surface area contributed by atoms with E-state index in [1.54, 1.807) is 11.1 Å². The summed E-state index contributed by atoms with van der Waals surface area (Å²) in [5.74, 6) is 0.417. The smallest absolute Gasteiger partial charge is 0.410 e. The van der Waals surface area contributed by atoms with E-state index in [0.717, 1.165) is 42.6 Å². The van der Waals surface area contributed by atoms with Crippen LogP contribution in [0.1, 0.15) is 63.1 Å². The Kier molecular flexibility index (Phi) is 11.8. The first kappa shape index (κ1) is 39.8. The molecule has 5 heterocycles. The highest BCUT2D eigenvalue weighted by atomic mass is 35.5. The molecule has 3 amide bonds. The molecule has 0 saturated carbocycles. The molecule has 0 bridgehead atoms. The summed E-state index contributed by atoms with van der Waals surface area (Å²) < 4.78 is 11.5. The van der Waals surface area contributed by atoms with Gasteiger partial charge in [-0.05, 0) is 81.5 Å². The standard InChI is InChI=1S/C42H45Cl3N6O5/c1-42(2,3)56-41(54)51(22-28-10-13-36(53)48-28)20-25-8-11-34(49-40(25)55-4)31-7-5-6-29(37(31)44)30-14-16-46-39(38(30)45)26-18-24-15-17-50(23-32(24)33(43)19-26)21-27-9-12-35(52)47-27/h5-8,11,14,16,18-19,27-28H,9-10,12-13,15,17,20-23H2,1-4H3,(H,47,52)(H,48,53)/t27-,28-/m0/s1. The quantitative estimate of drug-likeness (QED) is 0.165. The van der Waals surface area contributed by atoms with Crippen LogP contribution in [0.3, 0.4) is 0 Å². The van der Waals surface area contributed by atoms with Crippen LogP contribution in [0.2, 0.25) is 15.1 Å². The van der Waals surface area contributed by atoms with E-state index in [1.807, 2.05) is 63.2 Å². The number of rotatable bonds is 10. The molecule has 2 atom stereocenters. The third-order valence-corrected chi connectivity index (χ3v) is 11.5. The predicted molar refractivity (Wildman–Crippen MR) is 218 cm³/mol. The maximum absolute atomic E-state index is 13.3. The number of nitrogens with zero attached hydrogens (tertiary/aromatic N) is 4. The van der Waals surface area contributed by atoms with Crippen molar-refractivity contribution in [2.24, 2.45) is 0 Å². The van der Waals surface area contributed by atoms with Gasteiger partial charge in [0, 0.05) is 90.1 Å². The number of pyridine rings is 2. The molecular weight excluding hydrogens is 775 g/mol. The average Bonchev–Trinajstić information content (AvgIpc) is 3.77. The molecule has 0 spiro atoms. The first-order chi connectivity index (χ1) is 26.8. The number of benzene rings is 2. The number of amides is 3. The first-order valence-electron chi connectivity index (χ1n) is 18.8. The van der Waals surface area contributed by atoms with Gasteiger partial charge in [-0.2, -0.15) is 0 Å². The summed E-state index contributed by atoms with van der Waals surface area (Å²) in [5.41, 5.74) is 6.28. The van der Waals surface area contributed by atoms with Gasteiger partial charge >= 0.3 is 6.09 Å². The van der Waals surface area contributed by atoms with Crippen molar-refractivity contribution < 1.29 is 23.9 Å². The molecule has 2 fully saturated rings. The zero-order valence-corrected chi connectivity index (χ0v) is 34.2. The molecule has 7 rings (SSSR count). The number of ether oxygens (including phenoxy) is 2. The third kappa shape index (κ3) is 8.91. The van der Waals surface area contributed by atoms with Crippen LogP contribution >= 0.6 is 34.8 Å². The summed E-state index contributed by atoms with van der Waals surface area (Å²) in [6.07, 6.45) is 4.54. The van der Waals surface area contributed by atoms with Gasteiger partial charge in [0.25, 0.3) is 0 Å². The van der Waals surface area contributed by atoms with Crippen LogP contribution < -0.4 is 15.4 Å². The normalized spacial score (nSPS) is 18.3. The van der Waals surface area contributed by atoms with E-state index in [9.17, 15) is 14.4 Å². The van der Waals surface area contributed by atoms with Crippen LogP contribution in [-0.2, 0) is 33.8 Å². The fourth-order valence-corrected chi connectivity index (χ4v) is 8.56. The predicted octanol–water partition coefficient (Wildman–Crippen LogP) is 8.10. The number of aromatic nitrogens is 2. The van der Waals surface area contributed by atoms with E-state index < -0.39 is 11.7 Å². The summed E-state index contributed by atoms with van der Waals surface area (Å²) in [7, 11) is 1.53. The fourth-order valence-electron chi connectivity index (χ4n) is 7.62. The summed E-state index contributed by atoms with van der Waals surface area (Å²) in [6.45, 7) is 8.27. The van der Waals surface area contributed by atoms with Crippen LogP contribution in [0, 0.1) is 0 Å². The molecule has 3 aliphatic heterocycles. The summed E-state index contributed by atoms with van der Waals surface area (Å²) in [6, 6.07) is 15.3. The Morgan fingerprint density at radius 1 is 0.929 bits per heavy atom. The van der Waals surface area contributed by atoms with Crippen molar-refractivity contribution in [3.63, 3.8) is 0 Å². The summed E-state index contributed by atoms with van der Waals surface area (Å²) in [5, 5.41) is 7.55. The topological polar surface area (TPSA) is 126 Å². The molecule has 0 aliphatic carbocycles. The van der Waals surface area contributed by atoms with Gasteiger partial charge in [-0.25, -0.2) is 9.78 Å². The van der Waals surface area contributed by atoms with Gasteiger partial charge in [0.1, 0.15) is 5.60 Å². The van der Waals surface area contributed by atoms with Crippen LogP contribution in [0.5, 0.6) is 5.88 Å². The molecule has 2 N–H and O–H groups in total. The SMILES string of the molecule is COc1nc(-c2cccc(-c3ccnc(-c4cc(Cl)c5c(c4)CCN(C[C@@H]4CCC(=O)N4)C5)c3Cl)c2Cl)ccc1CN(C[C@@H]1CCC(=O)N1)C(=O)OC(C)(C)C. The third-order valence-electron chi connectivity index (χ3n) is 10.3. The Morgan fingerprint density at radius 2 is 1.64 bits per heavy atom. The first-order valence-corrected chi connectivity index (χ1v) is 20.0. The van der Waals surface area contributed by atoms with Crippen molar-refractivity contribution in [2.45, 2.75) is 83.6 Å². The lowest BCUT2D eigenvalue weighted by Crippen LogP contribution is -2.43. The molecule has 2 aromatic carbocycles. The van der Waals surface area contributed by atoms with Crippen LogP contribution in [0.4, 0.5) is 4.79 Å². The maximum atomic E-state index is 13.3. The number of hydrogen-bond donors (Lipinski definition) is 2. The Morgan fingerprint density at radius 3 is 2.34 bits per heavy atom. The number of fused-ring (bicyclic) bond motifs is 1. The van der Waals surface area contributed by atoms with Crippen molar-refractivity contribution in [3.05, 3.63) is 86.5 Å². The minimum atomic E-state index is -0.700. The van der Waals surface area contributed by atoms with Crippen molar-refractivity contribution in [1.82, 2.24) is 30.4 Å². The molecule has 4 aromatic rings. The van der Waals surface area contributed by atoms with Crippen LogP contribution in [0.25, 0.3) is 33.6 Å². The number of carbonyl (C=O) groups excluding carboxylic acids is 3. The molecule has 2 aromatic heterocycles. The second-order valence-electron chi connectivity index (χ2n) is 15.6. The van der Waals surface area contributed by atoms with E-state index in [-0.39, 0.29) is 37.0 Å². The second-order valence-corrected chi connectivity index (χ2v) is 16.8. The number of carbonyl (C=O) groups is 3. The average molecular weight is 820 g/mol. The highest BCUT2D eigenvalue weighted by Gasteiger charge is 2.30. The van der Waals surface area contributed by atoms with Gasteiger partial charge in [0.15, 0.2) is 0 Å². The Hall–Kier alpha value is -4.42. The lowest BCUT2D eigenvalue weighted by atomic mass is 9.94. The Bertz CT molecular complexity index is 2180. The molecule has 3 aliphatic rings. The number of methoxy groups -OCH3 is 1. The van der Waals surface area contributed by atoms with Gasteiger partial charge < -0.3 is 25.0 Å². The van der Waals surface area contributed by atoms with Crippen molar-refractivity contribution in [3.8, 4) is 39.5 Å². The lowest BCUT2D eigenvalue weighted by molar-refractivity contribution is -0.120. The van der Waals surface area contributed by atoms with Gasteiger partial charge in [-0.1, -0.05) is 53.0 Å². The molecule has 0 radical (unpaired) electrons. The molecule has 0 unspecified atom stereocenters. The molecule has 294 valence electrons. The van der Waals surface area contributed by atoms with E-state index in [2.05, 4.69) is 26.6 Å². The molecular formula is C42H45Cl3N6O5. The zero-order chi connectivity index (χ0) is 39.7. The van der Waals surface area contributed by atoms with Crippen LogP contribution in [-0.4, -0.2) is 82.1 Å². The zero-order valence-electron chi connectivity index (χ0n) is 31.9. The van der Waals surface area contributed by atoms with Crippen molar-refractivity contribution in [2.75, 3.05) is 26.7 Å². The monoisotopic (exact) mass is 818 g/mol. The number of halogens is 3. The van der Waals surface area contributed by atoms with Gasteiger partial charge in [0.05, 0.1) is 35.1 Å². The second kappa shape index (κ2) is 16.6. The number of nitrogens with one attached hydrogen (secondary N) is 2. The molecule has 14 heteroatoms. The Labute approximate surface area is 342 Å². The van der Waals surface area contributed by atoms with Crippen molar-refractivity contribution >= 4 is 52.7 Å². The summed E-state index contributed by atoms with van der Waals surface area (Å²) in [4.78, 5) is 50.4. The van der Waals surface area contributed by atoms with Crippen LogP contribution in [0.15, 0.2) is 54.7 Å². The van der Waals surface area contributed by atoms with E-state index in [4.69, 9.17) is 49.3 Å². The largest absolute Gasteiger partial charge is 0.481 e. The number of hydrogen-bond acceptors (Lipinski definition) is 8. The van der Waals surface area contributed by atoms with Crippen molar-refractivity contribution in [1.29, 1.82) is 0 Å². The van der Waals surface area contributed by atoms with E-state index in [0.29, 0.717) is 80.4 Å². The Balaban J connectivity index is 1.13. The highest BCUT2D eigenvalue weighted by Crippen LogP contribution is 2.43.